The summed E-state index contributed by atoms with van der Waals surface area (Å²) in [5.74, 6) is 0. The zero-order valence-electron chi connectivity index (χ0n) is 25.3. The highest BCUT2D eigenvalue weighted by atomic mass is 14.6. The lowest BCUT2D eigenvalue weighted by Gasteiger charge is -2.23. The summed E-state index contributed by atoms with van der Waals surface area (Å²) >= 11 is 0. The van der Waals surface area contributed by atoms with Crippen molar-refractivity contribution in [2.24, 2.45) is 0 Å². The Bertz CT molecular complexity index is 2100. The van der Waals surface area contributed by atoms with Crippen molar-refractivity contribution in [2.75, 3.05) is 0 Å². The summed E-state index contributed by atoms with van der Waals surface area (Å²) in [5, 5.41) is 7.90. The topological polar surface area (TPSA) is 12.9 Å². The Balaban J connectivity index is 1.37. The van der Waals surface area contributed by atoms with Crippen molar-refractivity contribution in [1.29, 1.82) is 0 Å². The Morgan fingerprint density at radius 2 is 0.864 bits per heavy atom. The van der Waals surface area contributed by atoms with Crippen molar-refractivity contribution in [2.45, 2.75) is 26.2 Å². The van der Waals surface area contributed by atoms with Crippen molar-refractivity contribution in [1.82, 2.24) is 4.98 Å². The molecule has 0 bridgehead atoms. The van der Waals surface area contributed by atoms with Gasteiger partial charge in [-0.25, -0.2) is 0 Å². The van der Waals surface area contributed by atoms with Gasteiger partial charge in [-0.15, -0.1) is 0 Å². The largest absolute Gasteiger partial charge is 0.265 e. The fourth-order valence-electron chi connectivity index (χ4n) is 6.69. The molecule has 1 heterocycles. The van der Waals surface area contributed by atoms with E-state index in [0.717, 1.165) is 0 Å². The monoisotopic (exact) mass is 563 g/mol. The Hall–Kier alpha value is -5.27. The SMILES string of the molecule is CC(C)(C)c1cc2ccc3c(-c4ccc(-c5ccccc5)cc4)cc(-c4ccc(-c5ccncc5)cc4)c4ccc(c1)c2c34. The smallest absolute Gasteiger partial charge is 0.0273 e. The number of aromatic nitrogens is 1. The summed E-state index contributed by atoms with van der Waals surface area (Å²) in [5.41, 5.74) is 11.3. The van der Waals surface area contributed by atoms with Gasteiger partial charge in [0.05, 0.1) is 0 Å². The van der Waals surface area contributed by atoms with Gasteiger partial charge in [-0.1, -0.05) is 136 Å². The molecule has 0 unspecified atom stereocenters. The second-order valence-electron chi connectivity index (χ2n) is 12.9. The summed E-state index contributed by atoms with van der Waals surface area (Å²) in [6.45, 7) is 6.89. The van der Waals surface area contributed by atoms with E-state index < -0.39 is 0 Å². The molecule has 0 radical (unpaired) electrons. The van der Waals surface area contributed by atoms with E-state index >= 15 is 0 Å². The van der Waals surface area contributed by atoms with Crippen LogP contribution in [0.25, 0.3) is 76.8 Å². The molecule has 1 aromatic heterocycles. The number of rotatable bonds is 4. The highest BCUT2D eigenvalue weighted by molar-refractivity contribution is 6.28. The maximum Gasteiger partial charge on any atom is 0.0273 e. The van der Waals surface area contributed by atoms with Crippen LogP contribution in [0, 0.1) is 0 Å². The van der Waals surface area contributed by atoms with Crippen LogP contribution in [-0.4, -0.2) is 4.98 Å². The molecule has 8 rings (SSSR count). The Morgan fingerprint density at radius 3 is 1.36 bits per heavy atom. The minimum absolute atomic E-state index is 0.0812. The molecule has 0 saturated heterocycles. The first-order chi connectivity index (χ1) is 21.4. The van der Waals surface area contributed by atoms with Crippen LogP contribution < -0.4 is 0 Å². The predicted molar refractivity (Wildman–Crippen MR) is 188 cm³/mol. The number of hydrogen-bond acceptors (Lipinski definition) is 1. The Labute approximate surface area is 258 Å². The van der Waals surface area contributed by atoms with Gasteiger partial charge in [0, 0.05) is 12.4 Å². The third-order valence-corrected chi connectivity index (χ3v) is 9.09. The molecular formula is C43H33N. The molecule has 210 valence electrons. The first kappa shape index (κ1) is 26.4. The molecule has 44 heavy (non-hydrogen) atoms. The van der Waals surface area contributed by atoms with Gasteiger partial charge in [0.1, 0.15) is 0 Å². The van der Waals surface area contributed by atoms with Crippen LogP contribution in [0.15, 0.2) is 146 Å². The third kappa shape index (κ3) is 4.44. The molecule has 0 aliphatic carbocycles. The van der Waals surface area contributed by atoms with Gasteiger partial charge in [-0.2, -0.15) is 0 Å². The lowest BCUT2D eigenvalue weighted by Crippen LogP contribution is -2.10. The Morgan fingerprint density at radius 1 is 0.409 bits per heavy atom. The molecule has 0 N–H and O–H groups in total. The van der Waals surface area contributed by atoms with Crippen molar-refractivity contribution in [3.05, 3.63) is 151 Å². The van der Waals surface area contributed by atoms with Crippen molar-refractivity contribution in [3.63, 3.8) is 0 Å². The first-order valence-corrected chi connectivity index (χ1v) is 15.4. The molecule has 0 fully saturated rings. The fourth-order valence-corrected chi connectivity index (χ4v) is 6.69. The van der Waals surface area contributed by atoms with E-state index in [9.17, 15) is 0 Å². The van der Waals surface area contributed by atoms with E-state index in [4.69, 9.17) is 0 Å². The van der Waals surface area contributed by atoms with Crippen molar-refractivity contribution < 1.29 is 0 Å². The minimum atomic E-state index is 0.0812. The average molecular weight is 564 g/mol. The lowest BCUT2D eigenvalue weighted by atomic mass is 9.81. The van der Waals surface area contributed by atoms with E-state index in [1.165, 1.54) is 82.4 Å². The van der Waals surface area contributed by atoms with E-state index in [-0.39, 0.29) is 5.41 Å². The van der Waals surface area contributed by atoms with Crippen LogP contribution in [0.5, 0.6) is 0 Å². The van der Waals surface area contributed by atoms with Crippen molar-refractivity contribution in [3.8, 4) is 44.5 Å². The van der Waals surface area contributed by atoms with Crippen LogP contribution in [0.3, 0.4) is 0 Å². The molecule has 0 amide bonds. The third-order valence-electron chi connectivity index (χ3n) is 9.09. The van der Waals surface area contributed by atoms with Gasteiger partial charge in [0.15, 0.2) is 0 Å². The van der Waals surface area contributed by atoms with Crippen molar-refractivity contribution >= 4 is 32.3 Å². The summed E-state index contributed by atoms with van der Waals surface area (Å²) < 4.78 is 0. The van der Waals surface area contributed by atoms with Gasteiger partial charge < -0.3 is 0 Å². The molecular weight excluding hydrogens is 530 g/mol. The number of benzene rings is 7. The number of pyridine rings is 1. The maximum absolute atomic E-state index is 4.19. The van der Waals surface area contributed by atoms with E-state index in [2.05, 4.69) is 159 Å². The zero-order chi connectivity index (χ0) is 29.8. The van der Waals surface area contributed by atoms with Gasteiger partial charge >= 0.3 is 0 Å². The van der Waals surface area contributed by atoms with E-state index in [0.29, 0.717) is 0 Å². The van der Waals surface area contributed by atoms with Gasteiger partial charge in [0.25, 0.3) is 0 Å². The van der Waals surface area contributed by atoms with Crippen LogP contribution >= 0.6 is 0 Å². The lowest BCUT2D eigenvalue weighted by molar-refractivity contribution is 0.591. The second kappa shape index (κ2) is 10.2. The minimum Gasteiger partial charge on any atom is -0.265 e. The number of hydrogen-bond donors (Lipinski definition) is 0. The summed E-state index contributed by atoms with van der Waals surface area (Å²) in [7, 11) is 0. The standard InChI is InChI=1S/C43H33N/c1-43(2,3)36-25-34-17-19-37-39(32-13-9-29(10-14-32)28-7-5-4-6-8-28)27-40(38-20-18-35(26-36)41(34)42(37)38)33-15-11-30(12-16-33)31-21-23-44-24-22-31/h4-27H,1-3H3. The molecule has 1 nitrogen and oxygen atoms in total. The summed E-state index contributed by atoms with van der Waals surface area (Å²) in [6, 6.07) is 49.3. The van der Waals surface area contributed by atoms with E-state index in [1.807, 2.05) is 12.4 Å². The highest BCUT2D eigenvalue weighted by Crippen LogP contribution is 2.45. The average Bonchev–Trinajstić information content (AvgIpc) is 3.07. The second-order valence-corrected chi connectivity index (χ2v) is 12.9. The Kier molecular flexibility index (Phi) is 6.10. The zero-order valence-corrected chi connectivity index (χ0v) is 25.3. The highest BCUT2D eigenvalue weighted by Gasteiger charge is 2.20. The maximum atomic E-state index is 4.19. The van der Waals surface area contributed by atoms with E-state index in [1.54, 1.807) is 0 Å². The molecule has 0 aliphatic rings. The van der Waals surface area contributed by atoms with Gasteiger partial charge in [-0.05, 0) is 106 Å². The normalized spacial score (nSPS) is 12.0. The van der Waals surface area contributed by atoms with Crippen LogP contribution in [-0.2, 0) is 5.41 Å². The quantitative estimate of drug-likeness (QED) is 0.194. The summed E-state index contributed by atoms with van der Waals surface area (Å²) in [4.78, 5) is 4.19. The molecule has 7 aromatic carbocycles. The molecule has 0 saturated carbocycles. The van der Waals surface area contributed by atoms with Crippen LogP contribution in [0.2, 0.25) is 0 Å². The van der Waals surface area contributed by atoms with Crippen LogP contribution in [0.4, 0.5) is 0 Å². The fraction of sp³-hybridized carbons (Fsp3) is 0.0930. The first-order valence-electron chi connectivity index (χ1n) is 15.4. The predicted octanol–water partition coefficient (Wildman–Crippen LogP) is 11.9. The molecule has 8 aromatic rings. The van der Waals surface area contributed by atoms with Crippen LogP contribution in [0.1, 0.15) is 26.3 Å². The molecule has 1 heteroatoms. The summed E-state index contributed by atoms with van der Waals surface area (Å²) in [6.07, 6.45) is 3.70. The number of nitrogens with zero attached hydrogens (tertiary/aromatic N) is 1. The van der Waals surface area contributed by atoms with Gasteiger partial charge in [0.2, 0.25) is 0 Å². The van der Waals surface area contributed by atoms with Gasteiger partial charge in [-0.3, -0.25) is 4.98 Å². The molecule has 0 atom stereocenters. The molecule has 0 aliphatic heterocycles. The molecule has 0 spiro atoms.